The van der Waals surface area contributed by atoms with E-state index in [9.17, 15) is 14.9 Å². The van der Waals surface area contributed by atoms with Crippen LogP contribution in [0.2, 0.25) is 0 Å². The van der Waals surface area contributed by atoms with Crippen molar-refractivity contribution in [2.45, 2.75) is 83.5 Å². The lowest BCUT2D eigenvalue weighted by atomic mass is 9.72. The van der Waals surface area contributed by atoms with Crippen LogP contribution in [0, 0.1) is 27.9 Å². The molecule has 0 spiro atoms. The maximum Gasteiger partial charge on any atom is 0.269 e. The summed E-state index contributed by atoms with van der Waals surface area (Å²) in [5.41, 5.74) is 3.18. The van der Waals surface area contributed by atoms with Crippen LogP contribution in [0.1, 0.15) is 98.5 Å². The van der Waals surface area contributed by atoms with Crippen molar-refractivity contribution in [1.29, 1.82) is 0 Å². The molecule has 2 aromatic rings. The summed E-state index contributed by atoms with van der Waals surface area (Å²) in [7, 11) is 0. The van der Waals surface area contributed by atoms with Crippen molar-refractivity contribution < 1.29 is 9.72 Å². The Morgan fingerprint density at radius 1 is 0.848 bits per heavy atom. The van der Waals surface area contributed by atoms with Gasteiger partial charge in [-0.3, -0.25) is 14.9 Å². The second-order valence-corrected chi connectivity index (χ2v) is 10.5. The molecule has 0 N–H and O–H groups in total. The summed E-state index contributed by atoms with van der Waals surface area (Å²) >= 11 is 0. The number of aryl methyl sites for hydroxylation is 1. The van der Waals surface area contributed by atoms with Gasteiger partial charge >= 0.3 is 0 Å². The van der Waals surface area contributed by atoms with Gasteiger partial charge in [-0.2, -0.15) is 0 Å². The number of rotatable bonds is 8. The van der Waals surface area contributed by atoms with Crippen molar-refractivity contribution in [3.63, 3.8) is 0 Å². The fraction of sp³-hybridized carbons (Fsp3) is 0.552. The fourth-order valence-electron chi connectivity index (χ4n) is 5.90. The molecule has 176 valence electrons. The number of benzene rings is 2. The van der Waals surface area contributed by atoms with Crippen LogP contribution in [-0.4, -0.2) is 10.7 Å². The zero-order valence-corrected chi connectivity index (χ0v) is 19.9. The summed E-state index contributed by atoms with van der Waals surface area (Å²) in [6.07, 6.45) is 13.5. The van der Waals surface area contributed by atoms with Gasteiger partial charge < -0.3 is 0 Å². The molecule has 0 heterocycles. The first-order valence-corrected chi connectivity index (χ1v) is 12.8. The smallest absolute Gasteiger partial charge is 0.269 e. The van der Waals surface area contributed by atoms with E-state index < -0.39 is 4.92 Å². The van der Waals surface area contributed by atoms with Crippen LogP contribution in [0.25, 0.3) is 0 Å². The Morgan fingerprint density at radius 2 is 1.42 bits per heavy atom. The van der Waals surface area contributed by atoms with Crippen LogP contribution in [0.5, 0.6) is 0 Å². The molecule has 4 nitrogen and oxygen atoms in total. The van der Waals surface area contributed by atoms with E-state index in [1.807, 2.05) is 12.1 Å². The lowest BCUT2D eigenvalue weighted by Gasteiger charge is -2.33. The van der Waals surface area contributed by atoms with Gasteiger partial charge in [0.15, 0.2) is 5.78 Å². The third-order valence-corrected chi connectivity index (χ3v) is 8.14. The van der Waals surface area contributed by atoms with Crippen molar-refractivity contribution in [2.24, 2.45) is 17.8 Å². The van der Waals surface area contributed by atoms with Crippen LogP contribution in [0.3, 0.4) is 0 Å². The molecule has 2 aliphatic rings. The second kappa shape index (κ2) is 11.1. The molecule has 0 bridgehead atoms. The largest absolute Gasteiger partial charge is 0.294 e. The molecule has 0 radical (unpaired) electrons. The number of carbonyl (C=O) groups excluding carboxylic acids is 1. The number of nitro groups is 1. The number of non-ortho nitro benzene ring substituents is 1. The second-order valence-electron chi connectivity index (χ2n) is 10.5. The molecular weight excluding hydrogens is 410 g/mol. The zero-order chi connectivity index (χ0) is 23.2. The summed E-state index contributed by atoms with van der Waals surface area (Å²) in [5.74, 6) is 3.59. The molecule has 33 heavy (non-hydrogen) atoms. The van der Waals surface area contributed by atoms with E-state index in [0.29, 0.717) is 18.8 Å². The van der Waals surface area contributed by atoms with E-state index in [2.05, 4.69) is 19.1 Å². The molecule has 0 amide bonds. The van der Waals surface area contributed by atoms with Crippen molar-refractivity contribution in [3.05, 3.63) is 75.3 Å². The number of ketones is 1. The van der Waals surface area contributed by atoms with Gasteiger partial charge in [-0.25, -0.2) is 0 Å². The summed E-state index contributed by atoms with van der Waals surface area (Å²) in [6, 6.07) is 14.8. The highest BCUT2D eigenvalue weighted by Crippen LogP contribution is 2.41. The van der Waals surface area contributed by atoms with Gasteiger partial charge in [0.2, 0.25) is 0 Å². The lowest BCUT2D eigenvalue weighted by Crippen LogP contribution is -2.19. The number of carbonyl (C=O) groups is 1. The molecule has 4 heteroatoms. The van der Waals surface area contributed by atoms with Gasteiger partial charge in [-0.15, -0.1) is 0 Å². The van der Waals surface area contributed by atoms with Crippen LogP contribution < -0.4 is 0 Å². The Labute approximate surface area is 197 Å². The normalized spacial score (nSPS) is 25.5. The van der Waals surface area contributed by atoms with Crippen LogP contribution in [-0.2, 0) is 6.42 Å². The topological polar surface area (TPSA) is 60.2 Å². The summed E-state index contributed by atoms with van der Waals surface area (Å²) in [4.78, 5) is 23.0. The van der Waals surface area contributed by atoms with Crippen molar-refractivity contribution in [2.75, 3.05) is 0 Å². The van der Waals surface area contributed by atoms with E-state index in [-0.39, 0.29) is 11.5 Å². The standard InChI is InChI=1S/C29H37NO3/c1-21-2-4-23(5-3-21)20-24-6-11-25(12-7-24)26-13-15-27(16-14-26)29(31)19-10-22-8-17-28(18-9-22)30(32)33/h8-9,13-18,21,23-25H,2-7,10-12,19-20H2,1H3. The molecule has 0 unspecified atom stereocenters. The van der Waals surface area contributed by atoms with Gasteiger partial charge in [0.1, 0.15) is 0 Å². The first kappa shape index (κ1) is 23.7. The third-order valence-electron chi connectivity index (χ3n) is 8.14. The summed E-state index contributed by atoms with van der Waals surface area (Å²) in [5, 5.41) is 10.8. The van der Waals surface area contributed by atoms with Crippen LogP contribution in [0.15, 0.2) is 48.5 Å². The van der Waals surface area contributed by atoms with Crippen LogP contribution in [0.4, 0.5) is 5.69 Å². The minimum absolute atomic E-state index is 0.0818. The lowest BCUT2D eigenvalue weighted by molar-refractivity contribution is -0.384. The highest BCUT2D eigenvalue weighted by atomic mass is 16.6. The average Bonchev–Trinajstić information content (AvgIpc) is 2.85. The fourth-order valence-corrected chi connectivity index (χ4v) is 5.90. The Hall–Kier alpha value is -2.49. The Bertz CT molecular complexity index is 918. The van der Waals surface area contributed by atoms with E-state index in [1.54, 1.807) is 12.1 Å². The maximum absolute atomic E-state index is 12.6. The summed E-state index contributed by atoms with van der Waals surface area (Å²) in [6.45, 7) is 2.40. The molecule has 0 atom stereocenters. The minimum Gasteiger partial charge on any atom is -0.294 e. The molecule has 2 saturated carbocycles. The van der Waals surface area contributed by atoms with Crippen molar-refractivity contribution in [1.82, 2.24) is 0 Å². The number of hydrogen-bond donors (Lipinski definition) is 0. The highest BCUT2D eigenvalue weighted by Gasteiger charge is 2.26. The quantitative estimate of drug-likeness (QED) is 0.235. The Morgan fingerprint density at radius 3 is 2.00 bits per heavy atom. The van der Waals surface area contributed by atoms with E-state index in [0.717, 1.165) is 28.9 Å². The van der Waals surface area contributed by atoms with Gasteiger partial charge in [-0.1, -0.05) is 69.0 Å². The van der Waals surface area contributed by atoms with Gasteiger partial charge in [-0.05, 0) is 73.3 Å². The van der Waals surface area contributed by atoms with Crippen molar-refractivity contribution >= 4 is 11.5 Å². The average molecular weight is 448 g/mol. The molecule has 0 aliphatic heterocycles. The predicted octanol–water partition coefficient (Wildman–Crippen LogP) is 7.90. The number of nitrogens with zero attached hydrogens (tertiary/aromatic N) is 1. The molecule has 2 fully saturated rings. The molecule has 0 saturated heterocycles. The minimum atomic E-state index is -0.403. The SMILES string of the molecule is CC1CCC(CC2CCC(c3ccc(C(=O)CCc4ccc([N+](=O)[O-])cc4)cc3)CC2)CC1. The molecular formula is C29H37NO3. The van der Waals surface area contributed by atoms with E-state index >= 15 is 0 Å². The first-order chi connectivity index (χ1) is 16.0. The summed E-state index contributed by atoms with van der Waals surface area (Å²) < 4.78 is 0. The maximum atomic E-state index is 12.6. The molecule has 0 aromatic heterocycles. The first-order valence-electron chi connectivity index (χ1n) is 12.8. The molecule has 2 aromatic carbocycles. The number of nitro benzene ring substituents is 1. The van der Waals surface area contributed by atoms with Crippen LogP contribution >= 0.6 is 0 Å². The predicted molar refractivity (Wildman–Crippen MR) is 133 cm³/mol. The molecule has 2 aliphatic carbocycles. The van der Waals surface area contributed by atoms with Crippen molar-refractivity contribution in [3.8, 4) is 0 Å². The number of Topliss-reactive ketones (excluding diaryl/α,β-unsaturated/α-hetero) is 1. The van der Waals surface area contributed by atoms with Gasteiger partial charge in [0.05, 0.1) is 4.92 Å². The van der Waals surface area contributed by atoms with Gasteiger partial charge in [0, 0.05) is 24.1 Å². The van der Waals surface area contributed by atoms with E-state index in [1.165, 1.54) is 75.5 Å². The third kappa shape index (κ3) is 6.52. The highest BCUT2D eigenvalue weighted by molar-refractivity contribution is 5.96. The molecule has 4 rings (SSSR count). The zero-order valence-electron chi connectivity index (χ0n) is 19.9. The monoisotopic (exact) mass is 447 g/mol. The van der Waals surface area contributed by atoms with Gasteiger partial charge in [0.25, 0.3) is 5.69 Å². The Balaban J connectivity index is 1.22. The van der Waals surface area contributed by atoms with E-state index in [4.69, 9.17) is 0 Å². The number of hydrogen-bond acceptors (Lipinski definition) is 3. The Kier molecular flexibility index (Phi) is 7.95.